The zero-order valence-corrected chi connectivity index (χ0v) is 12.6. The Kier molecular flexibility index (Phi) is 4.33. The number of anilines is 1. The van der Waals surface area contributed by atoms with Crippen molar-refractivity contribution in [1.82, 2.24) is 9.78 Å². The maximum atomic E-state index is 12.0. The lowest BCUT2D eigenvalue weighted by Crippen LogP contribution is -2.18. The van der Waals surface area contributed by atoms with Crippen molar-refractivity contribution in [3.63, 3.8) is 0 Å². The van der Waals surface area contributed by atoms with Crippen molar-refractivity contribution in [2.45, 2.75) is 6.54 Å². The van der Waals surface area contributed by atoms with Crippen molar-refractivity contribution in [2.75, 3.05) is 5.32 Å². The summed E-state index contributed by atoms with van der Waals surface area (Å²) in [4.78, 5) is 22.2. The van der Waals surface area contributed by atoms with Crippen molar-refractivity contribution < 1.29 is 9.72 Å². The molecule has 2 aromatic carbocycles. The molecule has 3 rings (SSSR count). The van der Waals surface area contributed by atoms with Crippen LogP contribution >= 0.6 is 0 Å². The molecule has 0 saturated carbocycles. The van der Waals surface area contributed by atoms with Crippen LogP contribution in [0.2, 0.25) is 0 Å². The highest BCUT2D eigenvalue weighted by molar-refractivity contribution is 5.90. The minimum absolute atomic E-state index is 0.0355. The van der Waals surface area contributed by atoms with Crippen LogP contribution in [0.3, 0.4) is 0 Å². The van der Waals surface area contributed by atoms with E-state index in [1.807, 2.05) is 30.3 Å². The van der Waals surface area contributed by atoms with Crippen molar-refractivity contribution in [2.24, 2.45) is 0 Å². The van der Waals surface area contributed by atoms with Gasteiger partial charge in [-0.15, -0.1) is 0 Å². The molecule has 24 heavy (non-hydrogen) atoms. The van der Waals surface area contributed by atoms with E-state index in [4.69, 9.17) is 0 Å². The second kappa shape index (κ2) is 6.74. The Morgan fingerprint density at radius 3 is 2.46 bits per heavy atom. The maximum Gasteiger partial charge on any atom is 0.269 e. The first-order valence-corrected chi connectivity index (χ1v) is 7.24. The number of hydrogen-bond acceptors (Lipinski definition) is 4. The molecule has 0 aliphatic heterocycles. The van der Waals surface area contributed by atoms with Crippen molar-refractivity contribution in [1.29, 1.82) is 0 Å². The van der Waals surface area contributed by atoms with Gasteiger partial charge >= 0.3 is 0 Å². The molecule has 1 N–H and O–H groups in total. The van der Waals surface area contributed by atoms with Gasteiger partial charge in [0.1, 0.15) is 6.54 Å². The van der Waals surface area contributed by atoms with E-state index in [2.05, 4.69) is 10.4 Å². The van der Waals surface area contributed by atoms with E-state index in [-0.39, 0.29) is 18.1 Å². The van der Waals surface area contributed by atoms with Gasteiger partial charge in [0.25, 0.3) is 5.69 Å². The van der Waals surface area contributed by atoms with Gasteiger partial charge in [-0.2, -0.15) is 5.10 Å². The number of hydrogen-bond donors (Lipinski definition) is 1. The fraction of sp³-hybridized carbons (Fsp3) is 0.0588. The first kappa shape index (κ1) is 15.4. The molecule has 0 aliphatic rings. The molecule has 0 fully saturated rings. The average molecular weight is 322 g/mol. The van der Waals surface area contributed by atoms with E-state index in [0.29, 0.717) is 0 Å². The molecule has 0 radical (unpaired) electrons. The zero-order chi connectivity index (χ0) is 16.9. The number of aromatic nitrogens is 2. The van der Waals surface area contributed by atoms with Crippen molar-refractivity contribution in [3.8, 4) is 11.1 Å². The van der Waals surface area contributed by atoms with Gasteiger partial charge in [-0.3, -0.25) is 19.6 Å². The Hall–Kier alpha value is -3.48. The number of nitrogens with one attached hydrogen (secondary N) is 1. The van der Waals surface area contributed by atoms with Gasteiger partial charge in [0.15, 0.2) is 0 Å². The number of non-ortho nitro benzene ring substituents is 1. The number of rotatable bonds is 5. The van der Waals surface area contributed by atoms with Crippen LogP contribution in [0.5, 0.6) is 0 Å². The molecule has 0 saturated heterocycles. The molecule has 0 bridgehead atoms. The molecular formula is C17H14N4O3. The Balaban J connectivity index is 1.67. The summed E-state index contributed by atoms with van der Waals surface area (Å²) in [5.41, 5.74) is 2.35. The molecular weight excluding hydrogens is 308 g/mol. The summed E-state index contributed by atoms with van der Waals surface area (Å²) in [6.07, 6.45) is 3.35. The average Bonchev–Trinajstić information content (AvgIpc) is 3.04. The minimum Gasteiger partial charge on any atom is -0.324 e. The van der Waals surface area contributed by atoms with Gasteiger partial charge in [0.05, 0.1) is 11.1 Å². The van der Waals surface area contributed by atoms with Crippen LogP contribution in [0.1, 0.15) is 0 Å². The molecule has 1 amide bonds. The topological polar surface area (TPSA) is 90.1 Å². The second-order valence-electron chi connectivity index (χ2n) is 5.14. The third-order valence-electron chi connectivity index (χ3n) is 3.41. The normalized spacial score (nSPS) is 10.3. The molecule has 120 valence electrons. The van der Waals surface area contributed by atoms with Gasteiger partial charge < -0.3 is 5.32 Å². The smallest absolute Gasteiger partial charge is 0.269 e. The highest BCUT2D eigenvalue weighted by atomic mass is 16.6. The van der Waals surface area contributed by atoms with Crippen LogP contribution in [-0.4, -0.2) is 20.6 Å². The molecule has 1 heterocycles. The molecule has 7 heteroatoms. The quantitative estimate of drug-likeness (QED) is 0.577. The van der Waals surface area contributed by atoms with Gasteiger partial charge in [-0.25, -0.2) is 0 Å². The molecule has 1 aromatic heterocycles. The maximum absolute atomic E-state index is 12.0. The fourth-order valence-corrected chi connectivity index (χ4v) is 2.24. The molecule has 7 nitrogen and oxygen atoms in total. The monoisotopic (exact) mass is 322 g/mol. The summed E-state index contributed by atoms with van der Waals surface area (Å²) in [6.45, 7) is 0.0852. The molecule has 0 spiro atoms. The fourth-order valence-electron chi connectivity index (χ4n) is 2.24. The number of carbonyl (C=O) groups excluding carboxylic acids is 1. The van der Waals surface area contributed by atoms with Gasteiger partial charge in [-0.05, 0) is 29.8 Å². The number of nitro groups is 1. The molecule has 0 aliphatic carbocycles. The Morgan fingerprint density at radius 2 is 1.79 bits per heavy atom. The summed E-state index contributed by atoms with van der Waals surface area (Å²) in [7, 11) is 0. The predicted octanol–water partition coefficient (Wildman–Crippen LogP) is 3.10. The van der Waals surface area contributed by atoms with Crippen LogP contribution in [0, 0.1) is 10.1 Å². The Bertz CT molecular complexity index is 857. The van der Waals surface area contributed by atoms with Crippen molar-refractivity contribution >= 4 is 17.3 Å². The van der Waals surface area contributed by atoms with Crippen LogP contribution < -0.4 is 5.32 Å². The lowest BCUT2D eigenvalue weighted by molar-refractivity contribution is -0.384. The number of para-hydroxylation sites is 1. The minimum atomic E-state index is -0.443. The largest absolute Gasteiger partial charge is 0.324 e. The molecule has 0 unspecified atom stereocenters. The first-order valence-electron chi connectivity index (χ1n) is 7.24. The third-order valence-corrected chi connectivity index (χ3v) is 3.41. The van der Waals surface area contributed by atoms with E-state index in [1.54, 1.807) is 24.5 Å². The summed E-state index contributed by atoms with van der Waals surface area (Å²) in [5, 5.41) is 17.6. The second-order valence-corrected chi connectivity index (χ2v) is 5.14. The number of carbonyl (C=O) groups is 1. The Labute approximate surface area is 137 Å². The summed E-state index contributed by atoms with van der Waals surface area (Å²) < 4.78 is 1.52. The predicted molar refractivity (Wildman–Crippen MR) is 89.4 cm³/mol. The van der Waals surface area contributed by atoms with Crippen LogP contribution in [0.25, 0.3) is 11.1 Å². The van der Waals surface area contributed by atoms with Gasteiger partial charge in [-0.1, -0.05) is 18.2 Å². The highest BCUT2D eigenvalue weighted by Crippen LogP contribution is 2.21. The third kappa shape index (κ3) is 3.64. The molecule has 3 aromatic rings. The van der Waals surface area contributed by atoms with E-state index >= 15 is 0 Å². The van der Waals surface area contributed by atoms with Crippen molar-refractivity contribution in [3.05, 3.63) is 77.1 Å². The van der Waals surface area contributed by atoms with Crippen LogP contribution in [0.4, 0.5) is 11.4 Å². The number of nitrogens with zero attached hydrogens (tertiary/aromatic N) is 3. The van der Waals surface area contributed by atoms with E-state index in [9.17, 15) is 14.9 Å². The SMILES string of the molecule is O=C(Cn1cc(-c2ccc([N+](=O)[O-])cc2)cn1)Nc1ccccc1. The highest BCUT2D eigenvalue weighted by Gasteiger charge is 2.09. The van der Waals surface area contributed by atoms with Gasteiger partial charge in [0.2, 0.25) is 5.91 Å². The number of benzene rings is 2. The molecule has 0 atom stereocenters. The number of nitro benzene ring substituents is 1. The Morgan fingerprint density at radius 1 is 1.08 bits per heavy atom. The number of amides is 1. The lowest BCUT2D eigenvalue weighted by Gasteiger charge is -2.04. The zero-order valence-electron chi connectivity index (χ0n) is 12.6. The van der Waals surface area contributed by atoms with Gasteiger partial charge in [0, 0.05) is 29.6 Å². The van der Waals surface area contributed by atoms with E-state index < -0.39 is 4.92 Å². The van der Waals surface area contributed by atoms with Crippen LogP contribution in [0.15, 0.2) is 67.0 Å². The van der Waals surface area contributed by atoms with E-state index in [0.717, 1.165) is 16.8 Å². The first-order chi connectivity index (χ1) is 11.6. The lowest BCUT2D eigenvalue weighted by atomic mass is 10.1. The van der Waals surface area contributed by atoms with E-state index in [1.165, 1.54) is 16.8 Å². The summed E-state index contributed by atoms with van der Waals surface area (Å²) in [5.74, 6) is -0.181. The summed E-state index contributed by atoms with van der Waals surface area (Å²) >= 11 is 0. The standard InChI is InChI=1S/C17H14N4O3/c22-17(19-15-4-2-1-3-5-15)12-20-11-14(10-18-20)13-6-8-16(9-7-13)21(23)24/h1-11H,12H2,(H,19,22). The summed E-state index contributed by atoms with van der Waals surface area (Å²) in [6, 6.07) is 15.4. The van der Waals surface area contributed by atoms with Crippen LogP contribution in [-0.2, 0) is 11.3 Å².